The van der Waals surface area contributed by atoms with Gasteiger partial charge in [-0.05, 0) is 31.0 Å². The van der Waals surface area contributed by atoms with Gasteiger partial charge < -0.3 is 9.84 Å². The number of hydrogen-bond donors (Lipinski definition) is 1. The Morgan fingerprint density at radius 1 is 1.50 bits per heavy atom. The summed E-state index contributed by atoms with van der Waals surface area (Å²) in [6.45, 7) is 3.26. The maximum Gasteiger partial charge on any atom is 0.339 e. The second-order valence-electron chi connectivity index (χ2n) is 3.44. The van der Waals surface area contributed by atoms with Crippen molar-refractivity contribution in [3.05, 3.63) is 35.4 Å². The van der Waals surface area contributed by atoms with Gasteiger partial charge in [0.15, 0.2) is 6.10 Å². The molecule has 1 aromatic carbocycles. The minimum absolute atomic E-state index is 0.203. The molecule has 3 nitrogen and oxygen atoms in total. The zero-order chi connectivity index (χ0) is 12.1. The third-order valence-corrected chi connectivity index (χ3v) is 2.20. The normalized spacial score (nSPS) is 14.2. The third kappa shape index (κ3) is 3.03. The standard InChI is InChI=1S/C12H15FO3/c1-3-16-12(15)11(14)10-6-4-5-9(7-10)8(2)13/h4-8,11,14H,3H2,1-2H3. The zero-order valence-electron chi connectivity index (χ0n) is 9.31. The lowest BCUT2D eigenvalue weighted by Crippen LogP contribution is -2.15. The molecule has 0 radical (unpaired) electrons. The number of aliphatic hydroxyl groups excluding tert-OH is 1. The minimum atomic E-state index is -1.35. The van der Waals surface area contributed by atoms with Crippen molar-refractivity contribution in [1.29, 1.82) is 0 Å². The first-order valence-corrected chi connectivity index (χ1v) is 5.15. The molecule has 2 unspecified atom stereocenters. The minimum Gasteiger partial charge on any atom is -0.464 e. The number of rotatable bonds is 4. The maximum absolute atomic E-state index is 13.0. The fraction of sp³-hybridized carbons (Fsp3) is 0.417. The second-order valence-corrected chi connectivity index (χ2v) is 3.44. The number of carbonyl (C=O) groups excluding carboxylic acids is 1. The van der Waals surface area contributed by atoms with Crippen molar-refractivity contribution in [3.8, 4) is 0 Å². The van der Waals surface area contributed by atoms with Gasteiger partial charge in [0.25, 0.3) is 0 Å². The number of carbonyl (C=O) groups is 1. The molecule has 0 fully saturated rings. The predicted molar refractivity (Wildman–Crippen MR) is 57.6 cm³/mol. The van der Waals surface area contributed by atoms with Crippen molar-refractivity contribution >= 4 is 5.97 Å². The van der Waals surface area contributed by atoms with Crippen molar-refractivity contribution in [3.63, 3.8) is 0 Å². The fourth-order valence-corrected chi connectivity index (χ4v) is 1.33. The number of hydrogen-bond acceptors (Lipinski definition) is 3. The summed E-state index contributed by atoms with van der Waals surface area (Å²) in [5, 5.41) is 9.63. The molecule has 0 saturated heterocycles. The van der Waals surface area contributed by atoms with E-state index in [1.165, 1.54) is 13.0 Å². The number of aliphatic hydroxyl groups is 1. The Kier molecular flexibility index (Phi) is 4.43. The van der Waals surface area contributed by atoms with Crippen molar-refractivity contribution in [2.75, 3.05) is 6.61 Å². The molecule has 0 saturated carbocycles. The Hall–Kier alpha value is -1.42. The number of esters is 1. The van der Waals surface area contributed by atoms with Crippen LogP contribution in [0.25, 0.3) is 0 Å². The highest BCUT2D eigenvalue weighted by molar-refractivity contribution is 5.76. The average Bonchev–Trinajstić information content (AvgIpc) is 2.28. The largest absolute Gasteiger partial charge is 0.464 e. The molecule has 88 valence electrons. The van der Waals surface area contributed by atoms with Crippen LogP contribution in [0, 0.1) is 0 Å². The Bertz CT molecular complexity index is 363. The molecule has 2 atom stereocenters. The van der Waals surface area contributed by atoms with Gasteiger partial charge in [-0.1, -0.05) is 18.2 Å². The summed E-state index contributed by atoms with van der Waals surface area (Å²) in [7, 11) is 0. The number of ether oxygens (including phenoxy) is 1. The summed E-state index contributed by atoms with van der Waals surface area (Å²) in [6, 6.07) is 6.23. The maximum atomic E-state index is 13.0. The molecule has 0 spiro atoms. The number of benzene rings is 1. The molecular formula is C12H15FO3. The van der Waals surface area contributed by atoms with Gasteiger partial charge in [0.2, 0.25) is 0 Å². The molecule has 1 aromatic rings. The van der Waals surface area contributed by atoms with Gasteiger partial charge >= 0.3 is 5.97 Å². The van der Waals surface area contributed by atoms with E-state index in [0.717, 1.165) is 0 Å². The van der Waals surface area contributed by atoms with Crippen molar-refractivity contribution in [2.24, 2.45) is 0 Å². The van der Waals surface area contributed by atoms with Crippen molar-refractivity contribution in [2.45, 2.75) is 26.1 Å². The highest BCUT2D eigenvalue weighted by atomic mass is 19.1. The molecule has 1 N–H and O–H groups in total. The lowest BCUT2D eigenvalue weighted by atomic mass is 10.0. The van der Waals surface area contributed by atoms with Gasteiger partial charge in [-0.25, -0.2) is 9.18 Å². The lowest BCUT2D eigenvalue weighted by molar-refractivity contribution is -0.153. The molecule has 0 heterocycles. The van der Waals surface area contributed by atoms with Crippen LogP contribution in [0.2, 0.25) is 0 Å². The van der Waals surface area contributed by atoms with Crippen LogP contribution in [0.4, 0.5) is 4.39 Å². The highest BCUT2D eigenvalue weighted by Crippen LogP contribution is 2.21. The first-order chi connectivity index (χ1) is 7.56. The molecule has 0 aliphatic rings. The van der Waals surface area contributed by atoms with Crippen molar-refractivity contribution in [1.82, 2.24) is 0 Å². The summed E-state index contributed by atoms with van der Waals surface area (Å²) in [5.41, 5.74) is 0.779. The van der Waals surface area contributed by atoms with Crippen LogP contribution in [0.3, 0.4) is 0 Å². The van der Waals surface area contributed by atoms with Crippen LogP contribution in [-0.2, 0) is 9.53 Å². The first-order valence-electron chi connectivity index (χ1n) is 5.15. The summed E-state index contributed by atoms with van der Waals surface area (Å²) in [4.78, 5) is 11.3. The Labute approximate surface area is 93.9 Å². The molecule has 0 amide bonds. The van der Waals surface area contributed by atoms with Gasteiger partial charge in [-0.3, -0.25) is 0 Å². The third-order valence-electron chi connectivity index (χ3n) is 2.20. The topological polar surface area (TPSA) is 46.5 Å². The number of halogens is 1. The van der Waals surface area contributed by atoms with Crippen LogP contribution >= 0.6 is 0 Å². The summed E-state index contributed by atoms with van der Waals surface area (Å²) < 4.78 is 17.7. The van der Waals surface area contributed by atoms with E-state index in [0.29, 0.717) is 11.1 Å². The van der Waals surface area contributed by atoms with E-state index in [1.54, 1.807) is 25.1 Å². The molecule has 4 heteroatoms. The van der Waals surface area contributed by atoms with Crippen LogP contribution in [-0.4, -0.2) is 17.7 Å². The molecule has 1 rings (SSSR count). The van der Waals surface area contributed by atoms with Gasteiger partial charge in [0.05, 0.1) is 6.61 Å². The quantitative estimate of drug-likeness (QED) is 0.801. The van der Waals surface area contributed by atoms with Gasteiger partial charge in [-0.15, -0.1) is 0 Å². The molecule has 0 aromatic heterocycles. The zero-order valence-corrected chi connectivity index (χ0v) is 9.31. The van der Waals surface area contributed by atoms with Crippen LogP contribution in [0.1, 0.15) is 37.3 Å². The summed E-state index contributed by atoms with van der Waals surface area (Å²) in [6.07, 6.45) is -2.48. The predicted octanol–water partition coefficient (Wildman–Crippen LogP) is 2.31. The molecule has 0 aliphatic heterocycles. The van der Waals surface area contributed by atoms with E-state index in [9.17, 15) is 14.3 Å². The van der Waals surface area contributed by atoms with Gasteiger partial charge in [0.1, 0.15) is 6.17 Å². The fourth-order valence-electron chi connectivity index (χ4n) is 1.33. The summed E-state index contributed by atoms with van der Waals surface area (Å²) in [5.74, 6) is -0.717. The molecular weight excluding hydrogens is 211 g/mol. The first kappa shape index (κ1) is 12.6. The second kappa shape index (κ2) is 5.61. The van der Waals surface area contributed by atoms with Crippen molar-refractivity contribution < 1.29 is 19.0 Å². The monoisotopic (exact) mass is 226 g/mol. The SMILES string of the molecule is CCOC(=O)C(O)c1cccc(C(C)F)c1. The Balaban J connectivity index is 2.87. The van der Waals surface area contributed by atoms with E-state index in [2.05, 4.69) is 4.74 Å². The van der Waals surface area contributed by atoms with E-state index in [1.807, 2.05) is 0 Å². The van der Waals surface area contributed by atoms with Crippen LogP contribution in [0.5, 0.6) is 0 Å². The van der Waals surface area contributed by atoms with Crippen LogP contribution < -0.4 is 0 Å². The number of alkyl halides is 1. The van der Waals surface area contributed by atoms with E-state index >= 15 is 0 Å². The Morgan fingerprint density at radius 2 is 2.12 bits per heavy atom. The highest BCUT2D eigenvalue weighted by Gasteiger charge is 2.19. The molecule has 16 heavy (non-hydrogen) atoms. The van der Waals surface area contributed by atoms with E-state index in [4.69, 9.17) is 0 Å². The summed E-state index contributed by atoms with van der Waals surface area (Å²) >= 11 is 0. The lowest BCUT2D eigenvalue weighted by Gasteiger charge is -2.11. The smallest absolute Gasteiger partial charge is 0.339 e. The van der Waals surface area contributed by atoms with Crippen LogP contribution in [0.15, 0.2) is 24.3 Å². The van der Waals surface area contributed by atoms with E-state index < -0.39 is 18.2 Å². The molecule has 0 bridgehead atoms. The molecule has 0 aliphatic carbocycles. The van der Waals surface area contributed by atoms with Gasteiger partial charge in [0, 0.05) is 0 Å². The van der Waals surface area contributed by atoms with Gasteiger partial charge in [-0.2, -0.15) is 0 Å². The van der Waals surface area contributed by atoms with E-state index in [-0.39, 0.29) is 6.61 Å². The Morgan fingerprint density at radius 3 is 2.69 bits per heavy atom. The average molecular weight is 226 g/mol.